The smallest absolute Gasteiger partial charge is 0.195 e. The summed E-state index contributed by atoms with van der Waals surface area (Å²) >= 11 is 1.88. The lowest BCUT2D eigenvalue weighted by atomic mass is 10.4. The summed E-state index contributed by atoms with van der Waals surface area (Å²) in [6.07, 6.45) is 0. The third-order valence-corrected chi connectivity index (χ3v) is 1.95. The van der Waals surface area contributed by atoms with Crippen molar-refractivity contribution in [2.24, 2.45) is 0 Å². The summed E-state index contributed by atoms with van der Waals surface area (Å²) in [5, 5.41) is 0. The van der Waals surface area contributed by atoms with Crippen molar-refractivity contribution in [1.29, 1.82) is 0 Å². The fourth-order valence-electron chi connectivity index (χ4n) is 0.683. The van der Waals surface area contributed by atoms with Crippen LogP contribution >= 0.6 is 33.1 Å². The number of rotatable bonds is 2. The Hall–Kier alpha value is 0.1000. The van der Waals surface area contributed by atoms with Crippen LogP contribution in [-0.2, 0) is 8.26 Å². The Balaban J connectivity index is 0.000000292. The van der Waals surface area contributed by atoms with E-state index in [0.717, 1.165) is 5.75 Å². The molecule has 0 saturated carbocycles. The monoisotopic (exact) mass is 272 g/mol. The largest absolute Gasteiger partial charge is 0.317 e. The molecule has 1 rings (SSSR count). The lowest BCUT2D eigenvalue weighted by Gasteiger charge is -1.93. The van der Waals surface area contributed by atoms with Crippen molar-refractivity contribution in [1.82, 2.24) is 0 Å². The summed E-state index contributed by atoms with van der Waals surface area (Å²) in [7, 11) is 4.81. The zero-order valence-corrected chi connectivity index (χ0v) is 10.6. The number of thioether (sulfide) groups is 1. The molecule has 0 heterocycles. The predicted molar refractivity (Wildman–Crippen MR) is 63.5 cm³/mol. The van der Waals surface area contributed by atoms with E-state index in [1.165, 1.54) is 4.90 Å². The van der Waals surface area contributed by atoms with Crippen LogP contribution in [0, 0.1) is 0 Å². The summed E-state index contributed by atoms with van der Waals surface area (Å²) in [5.41, 5.74) is 0. The number of hydrogen-bond acceptors (Lipinski definition) is 3. The van der Waals surface area contributed by atoms with Crippen molar-refractivity contribution in [3.8, 4) is 0 Å². The maximum absolute atomic E-state index is 9.16. The van der Waals surface area contributed by atoms with Crippen molar-refractivity contribution >= 4 is 41.4 Å². The minimum absolute atomic E-state index is 1.16. The van der Waals surface area contributed by atoms with Gasteiger partial charge in [0.1, 0.15) is 0 Å². The van der Waals surface area contributed by atoms with E-state index in [4.69, 9.17) is 8.42 Å². The molecule has 0 aromatic heterocycles. The van der Waals surface area contributed by atoms with E-state index in [1.807, 2.05) is 17.8 Å². The average Bonchev–Trinajstić information content (AvgIpc) is 2.03. The van der Waals surface area contributed by atoms with E-state index in [0.29, 0.717) is 0 Å². The number of hydrogen-bond donors (Lipinski definition) is 0. The second-order valence-corrected chi connectivity index (χ2v) is 7.13. The van der Waals surface area contributed by atoms with Gasteiger partial charge in [0.15, 0.2) is 0 Å². The predicted octanol–water partition coefficient (Wildman–Crippen LogP) is 3.51. The molecule has 0 fully saturated rings. The van der Waals surface area contributed by atoms with Gasteiger partial charge in [0.25, 0.3) is 0 Å². The quantitative estimate of drug-likeness (QED) is 0.611. The van der Waals surface area contributed by atoms with Crippen LogP contribution in [0.25, 0.3) is 0 Å². The minimum Gasteiger partial charge on any atom is -0.195 e. The SMILES string of the molecule is CCSc1ccccc1.O=S(=O)(Cl)Cl. The molecule has 14 heavy (non-hydrogen) atoms. The second kappa shape index (κ2) is 7.40. The van der Waals surface area contributed by atoms with Crippen molar-refractivity contribution in [2.45, 2.75) is 11.8 Å². The van der Waals surface area contributed by atoms with E-state index in [1.54, 1.807) is 0 Å². The molecule has 0 aliphatic rings. The topological polar surface area (TPSA) is 34.1 Å². The zero-order valence-electron chi connectivity index (χ0n) is 7.48. The molecule has 2 nitrogen and oxygen atoms in total. The lowest BCUT2D eigenvalue weighted by Crippen LogP contribution is -1.68. The molecule has 1 aromatic rings. The van der Waals surface area contributed by atoms with E-state index < -0.39 is 8.26 Å². The van der Waals surface area contributed by atoms with E-state index in [-0.39, 0.29) is 0 Å². The van der Waals surface area contributed by atoms with Crippen LogP contribution in [0.15, 0.2) is 35.2 Å². The summed E-state index contributed by atoms with van der Waals surface area (Å²) < 4.78 is 18.3. The molecule has 0 N–H and O–H groups in total. The number of benzene rings is 1. The van der Waals surface area contributed by atoms with Crippen LogP contribution in [0.1, 0.15) is 6.92 Å². The highest BCUT2D eigenvalue weighted by atomic mass is 36.0. The fraction of sp³-hybridized carbons (Fsp3) is 0.250. The fourth-order valence-corrected chi connectivity index (χ4v) is 1.37. The van der Waals surface area contributed by atoms with Crippen molar-refractivity contribution < 1.29 is 8.42 Å². The first-order valence-corrected chi connectivity index (χ1v) is 7.87. The molecule has 0 atom stereocenters. The van der Waals surface area contributed by atoms with Gasteiger partial charge < -0.3 is 0 Å². The van der Waals surface area contributed by atoms with Crippen LogP contribution in [0.5, 0.6) is 0 Å². The molecule has 0 unspecified atom stereocenters. The summed E-state index contributed by atoms with van der Waals surface area (Å²) in [6.45, 7) is 2.16. The molecule has 6 heteroatoms. The molecule has 0 amide bonds. The highest BCUT2D eigenvalue weighted by Gasteiger charge is 1.88. The molecular formula is C8H10Cl2O2S2. The molecule has 0 bridgehead atoms. The normalized spacial score (nSPS) is 10.2. The maximum atomic E-state index is 9.16. The van der Waals surface area contributed by atoms with E-state index in [2.05, 4.69) is 52.6 Å². The van der Waals surface area contributed by atoms with E-state index >= 15 is 0 Å². The van der Waals surface area contributed by atoms with Gasteiger partial charge >= 0.3 is 8.26 Å². The standard InChI is InChI=1S/C8H10S.Cl2O2S/c1-2-9-8-6-4-3-5-7-8;1-5(2,3)4/h3-7H,2H2,1H3;. The Kier molecular flexibility index (Phi) is 7.45. The van der Waals surface area contributed by atoms with Gasteiger partial charge in [-0.05, 0) is 17.9 Å². The Bertz CT molecular complexity index is 330. The minimum atomic E-state index is -3.72. The first-order valence-electron chi connectivity index (χ1n) is 3.75. The summed E-state index contributed by atoms with van der Waals surface area (Å²) in [5.74, 6) is 1.16. The molecule has 0 radical (unpaired) electrons. The van der Waals surface area contributed by atoms with Crippen LogP contribution in [0.2, 0.25) is 0 Å². The van der Waals surface area contributed by atoms with Crippen LogP contribution in [-0.4, -0.2) is 14.2 Å². The Morgan fingerprint density at radius 3 is 2.00 bits per heavy atom. The van der Waals surface area contributed by atoms with Crippen molar-refractivity contribution in [2.75, 3.05) is 5.75 Å². The lowest BCUT2D eigenvalue weighted by molar-refractivity contribution is 0.621. The van der Waals surface area contributed by atoms with Gasteiger partial charge in [0.2, 0.25) is 0 Å². The van der Waals surface area contributed by atoms with Gasteiger partial charge in [0, 0.05) is 26.3 Å². The average molecular weight is 273 g/mol. The molecule has 80 valence electrons. The van der Waals surface area contributed by atoms with Crippen molar-refractivity contribution in [3.05, 3.63) is 30.3 Å². The maximum Gasteiger partial charge on any atom is 0.317 e. The summed E-state index contributed by atoms with van der Waals surface area (Å²) in [6, 6.07) is 10.4. The summed E-state index contributed by atoms with van der Waals surface area (Å²) in [4.78, 5) is 1.36. The Labute approximate surface area is 97.5 Å². The van der Waals surface area contributed by atoms with Gasteiger partial charge in [-0.1, -0.05) is 25.1 Å². The van der Waals surface area contributed by atoms with E-state index in [9.17, 15) is 0 Å². The zero-order chi connectivity index (χ0) is 11.0. The van der Waals surface area contributed by atoms with Gasteiger partial charge in [-0.15, -0.1) is 11.8 Å². The van der Waals surface area contributed by atoms with Gasteiger partial charge in [-0.3, -0.25) is 0 Å². The molecule has 0 aliphatic heterocycles. The van der Waals surface area contributed by atoms with Gasteiger partial charge in [0.05, 0.1) is 0 Å². The number of halogens is 2. The van der Waals surface area contributed by atoms with Crippen LogP contribution in [0.3, 0.4) is 0 Å². The first-order chi connectivity index (χ1) is 6.43. The van der Waals surface area contributed by atoms with Crippen LogP contribution < -0.4 is 0 Å². The molecule has 0 saturated heterocycles. The van der Waals surface area contributed by atoms with Crippen LogP contribution in [0.4, 0.5) is 0 Å². The molecular weight excluding hydrogens is 263 g/mol. The van der Waals surface area contributed by atoms with Gasteiger partial charge in [-0.25, -0.2) is 0 Å². The van der Waals surface area contributed by atoms with Gasteiger partial charge in [-0.2, -0.15) is 8.42 Å². The van der Waals surface area contributed by atoms with Crippen molar-refractivity contribution in [3.63, 3.8) is 0 Å². The third kappa shape index (κ3) is 12.1. The first kappa shape index (κ1) is 14.1. The third-order valence-electron chi connectivity index (χ3n) is 1.05. The highest BCUT2D eigenvalue weighted by molar-refractivity contribution is 8.31. The highest BCUT2D eigenvalue weighted by Crippen LogP contribution is 2.15. The molecule has 0 spiro atoms. The molecule has 0 aliphatic carbocycles. The Morgan fingerprint density at radius 2 is 1.64 bits per heavy atom. The molecule has 1 aromatic carbocycles. The Morgan fingerprint density at radius 1 is 1.21 bits per heavy atom. The second-order valence-electron chi connectivity index (χ2n) is 2.12.